The van der Waals surface area contributed by atoms with E-state index >= 15 is 0 Å². The summed E-state index contributed by atoms with van der Waals surface area (Å²) in [5.41, 5.74) is 1.32. The van der Waals surface area contributed by atoms with Gasteiger partial charge >= 0.3 is 6.09 Å². The molecule has 21 heavy (non-hydrogen) atoms. The minimum Gasteiger partial charge on any atom is -0.444 e. The number of hydrogen-bond donors (Lipinski definition) is 2. The van der Waals surface area contributed by atoms with Crippen LogP contribution in [0.2, 0.25) is 0 Å². The predicted molar refractivity (Wildman–Crippen MR) is 79.6 cm³/mol. The molecule has 5 heteroatoms. The first-order chi connectivity index (χ1) is 9.87. The van der Waals surface area contributed by atoms with Crippen LogP contribution in [0.4, 0.5) is 4.79 Å². The van der Waals surface area contributed by atoms with Crippen molar-refractivity contribution in [2.24, 2.45) is 0 Å². The fourth-order valence-corrected chi connectivity index (χ4v) is 1.99. The van der Waals surface area contributed by atoms with Crippen LogP contribution in [0.15, 0.2) is 24.3 Å². The number of alkyl carbamates (subject to hydrolysis) is 1. The Balaban J connectivity index is 1.70. The quantitative estimate of drug-likeness (QED) is 0.891. The smallest absolute Gasteiger partial charge is 0.407 e. The molecule has 0 bridgehead atoms. The molecule has 112 valence electrons. The second-order valence-corrected chi connectivity index (χ2v) is 6.28. The molecule has 0 saturated heterocycles. The summed E-state index contributed by atoms with van der Waals surface area (Å²) >= 11 is 0. The molecule has 2 N–H and O–H groups in total. The molecule has 0 spiro atoms. The highest BCUT2D eigenvalue weighted by atomic mass is 16.6. The van der Waals surface area contributed by atoms with Crippen LogP contribution in [0.5, 0.6) is 0 Å². The maximum Gasteiger partial charge on any atom is 0.407 e. The van der Waals surface area contributed by atoms with Crippen molar-refractivity contribution in [1.29, 1.82) is 5.26 Å². The summed E-state index contributed by atoms with van der Waals surface area (Å²) in [6.07, 6.45) is 0.547. The van der Waals surface area contributed by atoms with Gasteiger partial charge < -0.3 is 15.4 Å². The second kappa shape index (κ2) is 6.15. The Morgan fingerprint density at radius 3 is 2.57 bits per heavy atom. The molecule has 2 unspecified atom stereocenters. The normalized spacial score (nSPS) is 20.5. The molecule has 5 nitrogen and oxygen atoms in total. The minimum absolute atomic E-state index is 0.137. The van der Waals surface area contributed by atoms with Gasteiger partial charge in [-0.25, -0.2) is 4.79 Å². The molecule has 0 aromatic heterocycles. The molecule has 2 atom stereocenters. The highest BCUT2D eigenvalue weighted by Crippen LogP contribution is 2.22. The van der Waals surface area contributed by atoms with Gasteiger partial charge in [-0.05, 0) is 44.9 Å². The summed E-state index contributed by atoms with van der Waals surface area (Å²) < 4.78 is 5.22. The van der Waals surface area contributed by atoms with E-state index in [4.69, 9.17) is 10.00 Å². The maximum absolute atomic E-state index is 11.6. The molecule has 1 fully saturated rings. The number of nitrogens with one attached hydrogen (secondary N) is 2. The Bertz CT molecular complexity index is 540. The summed E-state index contributed by atoms with van der Waals surface area (Å²) in [7, 11) is 0. The van der Waals surface area contributed by atoms with E-state index in [-0.39, 0.29) is 18.2 Å². The number of amides is 1. The number of carbonyl (C=O) groups is 1. The molecule has 0 aliphatic heterocycles. The zero-order valence-electron chi connectivity index (χ0n) is 12.6. The zero-order valence-corrected chi connectivity index (χ0v) is 12.6. The number of benzene rings is 1. The summed E-state index contributed by atoms with van der Waals surface area (Å²) in [5.74, 6) is 0. The monoisotopic (exact) mass is 287 g/mol. The molecule has 1 amide bonds. The van der Waals surface area contributed by atoms with Gasteiger partial charge in [0.2, 0.25) is 0 Å². The van der Waals surface area contributed by atoms with Crippen molar-refractivity contribution in [2.45, 2.75) is 51.4 Å². The van der Waals surface area contributed by atoms with Crippen LogP contribution in [-0.2, 0) is 11.3 Å². The summed E-state index contributed by atoms with van der Waals surface area (Å²) in [5, 5.41) is 15.0. The Morgan fingerprint density at radius 1 is 1.33 bits per heavy atom. The van der Waals surface area contributed by atoms with Crippen LogP contribution in [0.1, 0.15) is 38.3 Å². The molecule has 2 rings (SSSR count). The average Bonchev–Trinajstić information content (AvgIpc) is 3.12. The minimum atomic E-state index is -0.468. The third kappa shape index (κ3) is 5.09. The first-order valence-electron chi connectivity index (χ1n) is 7.09. The van der Waals surface area contributed by atoms with Gasteiger partial charge in [-0.15, -0.1) is 0 Å². The molecule has 1 aromatic rings. The fourth-order valence-electron chi connectivity index (χ4n) is 1.99. The van der Waals surface area contributed by atoms with E-state index in [1.54, 1.807) is 12.1 Å². The number of ether oxygens (including phenoxy) is 1. The number of nitriles is 1. The molecular weight excluding hydrogens is 266 g/mol. The molecule has 1 aliphatic carbocycles. The van der Waals surface area contributed by atoms with Crippen molar-refractivity contribution in [3.8, 4) is 6.07 Å². The van der Waals surface area contributed by atoms with Crippen LogP contribution in [0.25, 0.3) is 0 Å². The van der Waals surface area contributed by atoms with E-state index in [0.29, 0.717) is 5.56 Å². The van der Waals surface area contributed by atoms with Gasteiger partial charge in [-0.2, -0.15) is 5.26 Å². The molecule has 1 aliphatic rings. The van der Waals surface area contributed by atoms with Crippen molar-refractivity contribution in [1.82, 2.24) is 10.6 Å². The van der Waals surface area contributed by atoms with E-state index in [0.717, 1.165) is 18.5 Å². The maximum atomic E-state index is 11.6. The van der Waals surface area contributed by atoms with Gasteiger partial charge in [0.15, 0.2) is 0 Å². The lowest BCUT2D eigenvalue weighted by Crippen LogP contribution is -2.36. The van der Waals surface area contributed by atoms with Crippen molar-refractivity contribution >= 4 is 6.09 Å². The lowest BCUT2D eigenvalue weighted by atomic mass is 10.1. The van der Waals surface area contributed by atoms with Crippen LogP contribution in [-0.4, -0.2) is 23.8 Å². The van der Waals surface area contributed by atoms with E-state index in [1.807, 2.05) is 32.9 Å². The Kier molecular flexibility index (Phi) is 4.49. The van der Waals surface area contributed by atoms with Crippen molar-refractivity contribution < 1.29 is 9.53 Å². The lowest BCUT2D eigenvalue weighted by molar-refractivity contribution is 0.0522. The highest BCUT2D eigenvalue weighted by molar-refractivity contribution is 5.68. The van der Waals surface area contributed by atoms with Gasteiger partial charge in [0, 0.05) is 18.6 Å². The van der Waals surface area contributed by atoms with E-state index in [9.17, 15) is 4.79 Å². The van der Waals surface area contributed by atoms with Gasteiger partial charge in [-0.1, -0.05) is 12.1 Å². The Labute approximate surface area is 125 Å². The first-order valence-corrected chi connectivity index (χ1v) is 7.09. The third-order valence-corrected chi connectivity index (χ3v) is 3.14. The zero-order chi connectivity index (χ0) is 15.5. The van der Waals surface area contributed by atoms with Crippen LogP contribution in [0.3, 0.4) is 0 Å². The van der Waals surface area contributed by atoms with E-state index in [2.05, 4.69) is 16.7 Å². The van der Waals surface area contributed by atoms with Gasteiger partial charge in [0.05, 0.1) is 11.6 Å². The molecular formula is C16H21N3O2. The van der Waals surface area contributed by atoms with Crippen LogP contribution < -0.4 is 10.6 Å². The van der Waals surface area contributed by atoms with Gasteiger partial charge in [-0.3, -0.25) is 0 Å². The number of nitrogens with zero attached hydrogens (tertiary/aromatic N) is 1. The summed E-state index contributed by atoms with van der Waals surface area (Å²) in [6.45, 7) is 6.27. The van der Waals surface area contributed by atoms with Crippen molar-refractivity contribution in [3.05, 3.63) is 35.4 Å². The SMILES string of the molecule is CC(C)(C)OC(=O)NC1CC1NCc1ccc(C#N)cc1. The Morgan fingerprint density at radius 2 is 2.00 bits per heavy atom. The fraction of sp³-hybridized carbons (Fsp3) is 0.500. The molecule has 0 heterocycles. The second-order valence-electron chi connectivity index (χ2n) is 6.28. The van der Waals surface area contributed by atoms with E-state index < -0.39 is 5.60 Å². The van der Waals surface area contributed by atoms with Crippen molar-refractivity contribution in [2.75, 3.05) is 0 Å². The van der Waals surface area contributed by atoms with Crippen molar-refractivity contribution in [3.63, 3.8) is 0 Å². The summed E-state index contributed by atoms with van der Waals surface area (Å²) in [6, 6.07) is 10.0. The topological polar surface area (TPSA) is 74.2 Å². The van der Waals surface area contributed by atoms with Gasteiger partial charge in [0.1, 0.15) is 5.60 Å². The predicted octanol–water partition coefficient (Wildman–Crippen LogP) is 2.31. The standard InChI is InChI=1S/C16H21N3O2/c1-16(2,3)21-15(20)19-14-8-13(14)18-10-12-6-4-11(9-17)5-7-12/h4-7,13-14,18H,8,10H2,1-3H3,(H,19,20). The first kappa shape index (κ1) is 15.3. The average molecular weight is 287 g/mol. The third-order valence-electron chi connectivity index (χ3n) is 3.14. The Hall–Kier alpha value is -2.06. The highest BCUT2D eigenvalue weighted by Gasteiger charge is 2.38. The number of rotatable bonds is 4. The van der Waals surface area contributed by atoms with Crippen LogP contribution >= 0.6 is 0 Å². The molecule has 1 aromatic carbocycles. The number of hydrogen-bond acceptors (Lipinski definition) is 4. The number of carbonyl (C=O) groups excluding carboxylic acids is 1. The van der Waals surface area contributed by atoms with E-state index in [1.165, 1.54) is 0 Å². The molecule has 0 radical (unpaired) electrons. The largest absolute Gasteiger partial charge is 0.444 e. The molecule has 1 saturated carbocycles. The van der Waals surface area contributed by atoms with Crippen LogP contribution in [0, 0.1) is 11.3 Å². The summed E-state index contributed by atoms with van der Waals surface area (Å²) in [4.78, 5) is 11.6. The lowest BCUT2D eigenvalue weighted by Gasteiger charge is -2.19. The van der Waals surface area contributed by atoms with Gasteiger partial charge in [0.25, 0.3) is 0 Å².